The third kappa shape index (κ3) is 2.67. The third-order valence-corrected chi connectivity index (χ3v) is 5.75. The monoisotopic (exact) mass is 323 g/mol. The number of fused-ring (bicyclic) bond motifs is 3. The first-order valence-corrected chi connectivity index (χ1v) is 8.82. The van der Waals surface area contributed by atoms with Crippen LogP contribution in [-0.4, -0.2) is 27.3 Å². The van der Waals surface area contributed by atoms with Crippen molar-refractivity contribution in [2.24, 2.45) is 5.92 Å². The molecule has 2 aromatic carbocycles. The number of hydrogen-bond donors (Lipinski definition) is 1. The predicted molar refractivity (Wildman–Crippen MR) is 96.2 cm³/mol. The Morgan fingerprint density at radius 3 is 2.42 bits per heavy atom. The Bertz CT molecular complexity index is 710. The van der Waals surface area contributed by atoms with Crippen molar-refractivity contribution in [3.63, 3.8) is 0 Å². The molecule has 2 aromatic rings. The van der Waals surface area contributed by atoms with Crippen LogP contribution in [0.3, 0.4) is 0 Å². The number of nitrogens with one attached hydrogen (secondary N) is 1. The van der Waals surface area contributed by atoms with E-state index in [2.05, 4.69) is 47.8 Å². The lowest BCUT2D eigenvalue weighted by molar-refractivity contribution is 0.277. The van der Waals surface area contributed by atoms with Crippen molar-refractivity contribution in [1.82, 2.24) is 5.32 Å². The fourth-order valence-corrected chi connectivity index (χ4v) is 4.46. The molecule has 3 atom stereocenters. The molecule has 2 aliphatic rings. The van der Waals surface area contributed by atoms with Gasteiger partial charge in [-0.1, -0.05) is 18.2 Å². The molecule has 24 heavy (non-hydrogen) atoms. The molecule has 0 aromatic heterocycles. The van der Waals surface area contributed by atoms with E-state index in [0.717, 1.165) is 30.5 Å². The van der Waals surface area contributed by atoms with Gasteiger partial charge in [0.25, 0.3) is 0 Å². The predicted octanol–water partition coefficient (Wildman–Crippen LogP) is 3.93. The van der Waals surface area contributed by atoms with Gasteiger partial charge in [-0.05, 0) is 72.2 Å². The van der Waals surface area contributed by atoms with Gasteiger partial charge in [-0.2, -0.15) is 0 Å². The maximum atomic E-state index is 5.49. The zero-order valence-corrected chi connectivity index (χ0v) is 14.4. The highest BCUT2D eigenvalue weighted by Gasteiger charge is 2.37. The molecule has 3 unspecified atom stereocenters. The second kappa shape index (κ2) is 6.48. The minimum atomic E-state index is 0.469. The summed E-state index contributed by atoms with van der Waals surface area (Å²) in [4.78, 5) is 0. The van der Waals surface area contributed by atoms with E-state index in [1.54, 1.807) is 14.2 Å². The number of benzene rings is 2. The maximum absolute atomic E-state index is 5.49. The summed E-state index contributed by atoms with van der Waals surface area (Å²) in [7, 11) is 3.47. The SMILES string of the molecule is COc1ccc(C2CC3CCNCC3c3cc(OC)ccc32)cc1. The van der Waals surface area contributed by atoms with E-state index in [1.807, 2.05) is 0 Å². The van der Waals surface area contributed by atoms with Crippen LogP contribution in [0.15, 0.2) is 42.5 Å². The summed E-state index contributed by atoms with van der Waals surface area (Å²) in [5.74, 6) is 3.71. The van der Waals surface area contributed by atoms with Crippen LogP contribution in [0.1, 0.15) is 41.4 Å². The summed E-state index contributed by atoms with van der Waals surface area (Å²) in [6.07, 6.45) is 2.49. The highest BCUT2D eigenvalue weighted by Crippen LogP contribution is 2.48. The van der Waals surface area contributed by atoms with Gasteiger partial charge >= 0.3 is 0 Å². The molecular weight excluding hydrogens is 298 g/mol. The van der Waals surface area contributed by atoms with E-state index in [-0.39, 0.29) is 0 Å². The summed E-state index contributed by atoms with van der Waals surface area (Å²) in [5, 5.41) is 3.57. The zero-order chi connectivity index (χ0) is 16.5. The van der Waals surface area contributed by atoms with Gasteiger partial charge in [0.2, 0.25) is 0 Å². The molecule has 3 nitrogen and oxygen atoms in total. The minimum absolute atomic E-state index is 0.469. The van der Waals surface area contributed by atoms with Crippen molar-refractivity contribution in [2.75, 3.05) is 27.3 Å². The van der Waals surface area contributed by atoms with Gasteiger partial charge in [-0.15, -0.1) is 0 Å². The van der Waals surface area contributed by atoms with Gasteiger partial charge < -0.3 is 14.8 Å². The van der Waals surface area contributed by atoms with E-state index >= 15 is 0 Å². The minimum Gasteiger partial charge on any atom is -0.497 e. The molecule has 0 bridgehead atoms. The Morgan fingerprint density at radius 1 is 0.917 bits per heavy atom. The first-order valence-electron chi connectivity index (χ1n) is 8.82. The first-order chi connectivity index (χ1) is 11.8. The van der Waals surface area contributed by atoms with E-state index in [9.17, 15) is 0 Å². The molecule has 0 radical (unpaired) electrons. The molecule has 1 N–H and O–H groups in total. The number of methoxy groups -OCH3 is 2. The van der Waals surface area contributed by atoms with Crippen LogP contribution in [0.2, 0.25) is 0 Å². The molecule has 3 heteroatoms. The topological polar surface area (TPSA) is 30.5 Å². The van der Waals surface area contributed by atoms with Crippen LogP contribution in [-0.2, 0) is 0 Å². The number of hydrogen-bond acceptors (Lipinski definition) is 3. The van der Waals surface area contributed by atoms with Crippen molar-refractivity contribution < 1.29 is 9.47 Å². The molecule has 0 saturated carbocycles. The van der Waals surface area contributed by atoms with E-state index in [0.29, 0.717) is 11.8 Å². The quantitative estimate of drug-likeness (QED) is 0.928. The van der Waals surface area contributed by atoms with Gasteiger partial charge in [0, 0.05) is 12.5 Å². The number of ether oxygens (including phenoxy) is 2. The fourth-order valence-electron chi connectivity index (χ4n) is 4.46. The van der Waals surface area contributed by atoms with E-state index < -0.39 is 0 Å². The molecule has 126 valence electrons. The van der Waals surface area contributed by atoms with E-state index in [1.165, 1.54) is 29.5 Å². The summed E-state index contributed by atoms with van der Waals surface area (Å²) in [6.45, 7) is 2.22. The second-order valence-electron chi connectivity index (χ2n) is 6.92. The molecule has 0 spiro atoms. The first kappa shape index (κ1) is 15.5. The molecule has 0 amide bonds. The van der Waals surface area contributed by atoms with Crippen molar-refractivity contribution in [3.8, 4) is 11.5 Å². The maximum Gasteiger partial charge on any atom is 0.119 e. The lowest BCUT2D eigenvalue weighted by Gasteiger charge is -2.41. The highest BCUT2D eigenvalue weighted by atomic mass is 16.5. The van der Waals surface area contributed by atoms with Crippen molar-refractivity contribution in [2.45, 2.75) is 24.7 Å². The molecule has 1 aliphatic carbocycles. The van der Waals surface area contributed by atoms with Crippen molar-refractivity contribution in [1.29, 1.82) is 0 Å². The van der Waals surface area contributed by atoms with Gasteiger partial charge in [-0.3, -0.25) is 0 Å². The highest BCUT2D eigenvalue weighted by molar-refractivity contribution is 5.47. The molecule has 1 heterocycles. The lowest BCUT2D eigenvalue weighted by Crippen LogP contribution is -2.38. The zero-order valence-electron chi connectivity index (χ0n) is 14.4. The Labute approximate surface area is 144 Å². The smallest absolute Gasteiger partial charge is 0.119 e. The van der Waals surface area contributed by atoms with Gasteiger partial charge in [0.1, 0.15) is 11.5 Å². The summed E-state index contributed by atoms with van der Waals surface area (Å²) < 4.78 is 10.8. The average Bonchev–Trinajstić information content (AvgIpc) is 2.67. The van der Waals surface area contributed by atoms with Crippen LogP contribution >= 0.6 is 0 Å². The number of piperidine rings is 1. The van der Waals surface area contributed by atoms with Crippen LogP contribution in [0.4, 0.5) is 0 Å². The van der Waals surface area contributed by atoms with Crippen LogP contribution < -0.4 is 14.8 Å². The Hall–Kier alpha value is -2.00. The fraction of sp³-hybridized carbons (Fsp3) is 0.429. The average molecular weight is 323 g/mol. The van der Waals surface area contributed by atoms with Crippen LogP contribution in [0, 0.1) is 5.92 Å². The summed E-state index contributed by atoms with van der Waals surface area (Å²) >= 11 is 0. The molecule has 1 aliphatic heterocycles. The van der Waals surface area contributed by atoms with Crippen molar-refractivity contribution >= 4 is 0 Å². The molecule has 1 fully saturated rings. The summed E-state index contributed by atoms with van der Waals surface area (Å²) in [5.41, 5.74) is 4.32. The lowest BCUT2D eigenvalue weighted by atomic mass is 9.66. The summed E-state index contributed by atoms with van der Waals surface area (Å²) in [6, 6.07) is 15.2. The largest absolute Gasteiger partial charge is 0.497 e. The Kier molecular flexibility index (Phi) is 4.19. The van der Waals surface area contributed by atoms with Crippen molar-refractivity contribution in [3.05, 3.63) is 59.2 Å². The molecular formula is C21H25NO2. The van der Waals surface area contributed by atoms with Gasteiger partial charge in [-0.25, -0.2) is 0 Å². The number of rotatable bonds is 3. The van der Waals surface area contributed by atoms with E-state index in [4.69, 9.17) is 9.47 Å². The van der Waals surface area contributed by atoms with Gasteiger partial charge in [0.05, 0.1) is 14.2 Å². The van der Waals surface area contributed by atoms with Gasteiger partial charge in [0.15, 0.2) is 0 Å². The second-order valence-corrected chi connectivity index (χ2v) is 6.92. The Morgan fingerprint density at radius 2 is 1.67 bits per heavy atom. The van der Waals surface area contributed by atoms with Crippen LogP contribution in [0.5, 0.6) is 11.5 Å². The normalized spacial score (nSPS) is 25.5. The standard InChI is InChI=1S/C21H25NO2/c1-23-16-5-3-14(4-6-16)19-11-15-9-10-22-13-21(15)20-12-17(24-2)7-8-18(19)20/h3-8,12,15,19,21-22H,9-11,13H2,1-2H3. The third-order valence-electron chi connectivity index (χ3n) is 5.75. The van der Waals surface area contributed by atoms with Crippen LogP contribution in [0.25, 0.3) is 0 Å². The molecule has 4 rings (SSSR count). The molecule has 1 saturated heterocycles. The Balaban J connectivity index is 1.77.